The maximum absolute atomic E-state index is 12.2. The fraction of sp³-hybridized carbons (Fsp3) is 0.375. The van der Waals surface area contributed by atoms with Crippen LogP contribution in [0.4, 0.5) is 5.82 Å². The number of carbonyl (C=O) groups excluding carboxylic acids is 1. The lowest BCUT2D eigenvalue weighted by molar-refractivity contribution is -0.119. The molecule has 3 rings (SSSR count). The van der Waals surface area contributed by atoms with Crippen molar-refractivity contribution >= 4 is 22.6 Å². The number of benzene rings is 1. The molecule has 0 aliphatic carbocycles. The number of nitrogens with two attached hydrogens (primary N) is 1. The molecule has 21 heavy (non-hydrogen) atoms. The Labute approximate surface area is 123 Å². The Bertz CT molecular complexity index is 638. The van der Waals surface area contributed by atoms with E-state index in [9.17, 15) is 4.79 Å². The molecule has 1 amide bonds. The van der Waals surface area contributed by atoms with Crippen molar-refractivity contribution in [3.05, 3.63) is 36.4 Å². The molecule has 1 fully saturated rings. The van der Waals surface area contributed by atoms with Gasteiger partial charge in [-0.05, 0) is 37.0 Å². The van der Waals surface area contributed by atoms with Gasteiger partial charge in [0.25, 0.3) is 0 Å². The minimum absolute atomic E-state index is 0.176. The second-order valence-electron chi connectivity index (χ2n) is 5.35. The molecule has 1 aliphatic rings. The van der Waals surface area contributed by atoms with Crippen LogP contribution in [0, 0.1) is 5.92 Å². The molecule has 1 aliphatic heterocycles. The smallest absolute Gasteiger partial charge is 0.242 e. The van der Waals surface area contributed by atoms with Gasteiger partial charge in [-0.25, -0.2) is 4.98 Å². The van der Waals surface area contributed by atoms with Gasteiger partial charge in [-0.15, -0.1) is 0 Å². The zero-order chi connectivity index (χ0) is 14.7. The number of hydrogen-bond acceptors (Lipinski definition) is 4. The average Bonchev–Trinajstić information content (AvgIpc) is 2.55. The fourth-order valence-electron chi connectivity index (χ4n) is 2.63. The minimum atomic E-state index is -0.512. The van der Waals surface area contributed by atoms with Crippen molar-refractivity contribution in [2.45, 2.75) is 18.9 Å². The Kier molecular flexibility index (Phi) is 4.13. The summed E-state index contributed by atoms with van der Waals surface area (Å²) in [6, 6.07) is 11.0. The number of para-hydroxylation sites is 1. The standard InChI is InChI=1S/C16H19N3O2/c17-15(12-7-9-21-10-8-12)16(20)19-14-6-5-11-3-1-2-4-13(11)18-14/h1-6,12,15H,7-10,17H2,(H,18,19,20). The Morgan fingerprint density at radius 2 is 2.00 bits per heavy atom. The van der Waals surface area contributed by atoms with E-state index in [0.717, 1.165) is 23.7 Å². The van der Waals surface area contributed by atoms with Crippen molar-refractivity contribution in [2.75, 3.05) is 18.5 Å². The third-order valence-corrected chi connectivity index (χ3v) is 3.93. The highest BCUT2D eigenvalue weighted by atomic mass is 16.5. The molecular weight excluding hydrogens is 266 g/mol. The number of aromatic nitrogens is 1. The van der Waals surface area contributed by atoms with Crippen LogP contribution in [0.3, 0.4) is 0 Å². The van der Waals surface area contributed by atoms with E-state index in [1.165, 1.54) is 0 Å². The molecule has 0 saturated carbocycles. The number of ether oxygens (including phenoxy) is 1. The molecule has 2 aromatic rings. The number of pyridine rings is 1. The summed E-state index contributed by atoms with van der Waals surface area (Å²) in [5, 5.41) is 3.86. The molecule has 0 bridgehead atoms. The number of anilines is 1. The molecule has 0 radical (unpaired) electrons. The normalized spacial score (nSPS) is 17.6. The lowest BCUT2D eigenvalue weighted by atomic mass is 9.92. The van der Waals surface area contributed by atoms with Crippen molar-refractivity contribution in [3.8, 4) is 0 Å². The second kappa shape index (κ2) is 6.20. The van der Waals surface area contributed by atoms with Crippen molar-refractivity contribution in [1.29, 1.82) is 0 Å². The van der Waals surface area contributed by atoms with E-state index >= 15 is 0 Å². The van der Waals surface area contributed by atoms with Crippen molar-refractivity contribution in [2.24, 2.45) is 11.7 Å². The zero-order valence-electron chi connectivity index (χ0n) is 11.8. The largest absolute Gasteiger partial charge is 0.381 e. The highest BCUT2D eigenvalue weighted by Gasteiger charge is 2.26. The molecular formula is C16H19N3O2. The lowest BCUT2D eigenvalue weighted by Gasteiger charge is -2.26. The second-order valence-corrected chi connectivity index (χ2v) is 5.35. The number of fused-ring (bicyclic) bond motifs is 1. The summed E-state index contributed by atoms with van der Waals surface area (Å²) in [5.74, 6) is 0.546. The Hall–Kier alpha value is -1.98. The first-order chi connectivity index (χ1) is 10.2. The van der Waals surface area contributed by atoms with Crippen molar-refractivity contribution in [1.82, 2.24) is 4.98 Å². The third-order valence-electron chi connectivity index (χ3n) is 3.93. The molecule has 1 saturated heterocycles. The third kappa shape index (κ3) is 3.20. The first-order valence-electron chi connectivity index (χ1n) is 7.24. The molecule has 1 atom stereocenters. The van der Waals surface area contributed by atoms with Gasteiger partial charge in [0.1, 0.15) is 5.82 Å². The predicted molar refractivity (Wildman–Crippen MR) is 81.9 cm³/mol. The summed E-state index contributed by atoms with van der Waals surface area (Å²) in [4.78, 5) is 16.7. The Balaban J connectivity index is 1.70. The fourth-order valence-corrected chi connectivity index (χ4v) is 2.63. The van der Waals surface area contributed by atoms with E-state index in [4.69, 9.17) is 10.5 Å². The molecule has 1 aromatic heterocycles. The summed E-state index contributed by atoms with van der Waals surface area (Å²) in [6.45, 7) is 1.36. The monoisotopic (exact) mass is 285 g/mol. The zero-order valence-corrected chi connectivity index (χ0v) is 11.8. The molecule has 2 heterocycles. The first kappa shape index (κ1) is 14.0. The van der Waals surface area contributed by atoms with Crippen LogP contribution in [0.5, 0.6) is 0 Å². The van der Waals surface area contributed by atoms with Crippen LogP contribution in [0.25, 0.3) is 10.9 Å². The van der Waals surface area contributed by atoms with Crippen molar-refractivity contribution < 1.29 is 9.53 Å². The Morgan fingerprint density at radius 3 is 2.81 bits per heavy atom. The van der Waals surface area contributed by atoms with Crippen LogP contribution in [0.2, 0.25) is 0 Å². The number of carbonyl (C=O) groups is 1. The van der Waals surface area contributed by atoms with E-state index in [2.05, 4.69) is 10.3 Å². The number of hydrogen-bond donors (Lipinski definition) is 2. The van der Waals surface area contributed by atoms with Gasteiger partial charge >= 0.3 is 0 Å². The quantitative estimate of drug-likeness (QED) is 0.903. The molecule has 5 nitrogen and oxygen atoms in total. The topological polar surface area (TPSA) is 77.2 Å². The highest BCUT2D eigenvalue weighted by molar-refractivity contribution is 5.95. The average molecular weight is 285 g/mol. The van der Waals surface area contributed by atoms with Gasteiger partial charge in [-0.1, -0.05) is 18.2 Å². The highest BCUT2D eigenvalue weighted by Crippen LogP contribution is 2.19. The number of nitrogens with zero attached hydrogens (tertiary/aromatic N) is 1. The SMILES string of the molecule is NC(C(=O)Nc1ccc2ccccc2n1)C1CCOCC1. The van der Waals surface area contributed by atoms with Crippen LogP contribution < -0.4 is 11.1 Å². The minimum Gasteiger partial charge on any atom is -0.381 e. The maximum atomic E-state index is 12.2. The van der Waals surface area contributed by atoms with Gasteiger partial charge in [0.05, 0.1) is 11.6 Å². The summed E-state index contributed by atoms with van der Waals surface area (Å²) >= 11 is 0. The van der Waals surface area contributed by atoms with Gasteiger partial charge in [-0.2, -0.15) is 0 Å². The van der Waals surface area contributed by atoms with Crippen LogP contribution in [-0.4, -0.2) is 30.1 Å². The van der Waals surface area contributed by atoms with E-state index in [1.807, 2.05) is 30.3 Å². The lowest BCUT2D eigenvalue weighted by Crippen LogP contribution is -2.44. The van der Waals surface area contributed by atoms with Crippen LogP contribution in [0.15, 0.2) is 36.4 Å². The Morgan fingerprint density at radius 1 is 1.24 bits per heavy atom. The van der Waals surface area contributed by atoms with E-state index < -0.39 is 6.04 Å². The summed E-state index contributed by atoms with van der Waals surface area (Å²) in [5.41, 5.74) is 6.91. The molecule has 3 N–H and O–H groups in total. The van der Waals surface area contributed by atoms with E-state index in [0.29, 0.717) is 19.0 Å². The van der Waals surface area contributed by atoms with Gasteiger partial charge in [0, 0.05) is 18.6 Å². The summed E-state index contributed by atoms with van der Waals surface area (Å²) in [6.07, 6.45) is 1.67. The molecule has 1 unspecified atom stereocenters. The van der Waals surface area contributed by atoms with Gasteiger partial charge in [-0.3, -0.25) is 4.79 Å². The van der Waals surface area contributed by atoms with Crippen molar-refractivity contribution in [3.63, 3.8) is 0 Å². The summed E-state index contributed by atoms with van der Waals surface area (Å²) in [7, 11) is 0. The molecule has 110 valence electrons. The van der Waals surface area contributed by atoms with Gasteiger partial charge in [0.15, 0.2) is 0 Å². The molecule has 1 aromatic carbocycles. The number of nitrogens with one attached hydrogen (secondary N) is 1. The van der Waals surface area contributed by atoms with Crippen LogP contribution >= 0.6 is 0 Å². The van der Waals surface area contributed by atoms with E-state index in [1.54, 1.807) is 6.07 Å². The van der Waals surface area contributed by atoms with Gasteiger partial charge < -0.3 is 15.8 Å². The predicted octanol–water partition coefficient (Wildman–Crippen LogP) is 1.93. The van der Waals surface area contributed by atoms with E-state index in [-0.39, 0.29) is 11.8 Å². The number of amides is 1. The maximum Gasteiger partial charge on any atom is 0.242 e. The number of rotatable bonds is 3. The first-order valence-corrected chi connectivity index (χ1v) is 7.24. The molecule has 5 heteroatoms. The van der Waals surface area contributed by atoms with Gasteiger partial charge in [0.2, 0.25) is 5.91 Å². The van der Waals surface area contributed by atoms with Crippen LogP contribution in [-0.2, 0) is 9.53 Å². The van der Waals surface area contributed by atoms with Crippen LogP contribution in [0.1, 0.15) is 12.8 Å². The summed E-state index contributed by atoms with van der Waals surface area (Å²) < 4.78 is 5.30. The molecule has 0 spiro atoms.